The van der Waals surface area contributed by atoms with Gasteiger partial charge in [-0.05, 0) is 18.2 Å². The molecule has 2 aromatic carbocycles. The van der Waals surface area contributed by atoms with Gasteiger partial charge >= 0.3 is 0 Å². The predicted octanol–water partition coefficient (Wildman–Crippen LogP) is 4.03. The molecule has 0 atom stereocenters. The van der Waals surface area contributed by atoms with Crippen molar-refractivity contribution in [3.63, 3.8) is 0 Å². The molecular weight excluding hydrogens is 324 g/mol. The van der Waals surface area contributed by atoms with E-state index in [1.165, 1.54) is 0 Å². The monoisotopic (exact) mass is 340 g/mol. The number of nitrogens with one attached hydrogen (secondary N) is 1. The highest BCUT2D eigenvalue weighted by Gasteiger charge is 2.11. The van der Waals surface area contributed by atoms with E-state index in [0.29, 0.717) is 0 Å². The Bertz CT molecular complexity index is 1220. The fraction of sp³-hybridized carbons (Fsp3) is 0.0500. The summed E-state index contributed by atoms with van der Waals surface area (Å²) in [7, 11) is 1.95. The highest BCUT2D eigenvalue weighted by atomic mass is 15.2. The van der Waals surface area contributed by atoms with E-state index >= 15 is 0 Å². The molecule has 0 amide bonds. The standard InChI is InChI=1S/C20H16N6/c1-25-18-11-14(7-8-15(18)12-22-25)17-13-26-10-9-21-20(26)19(24-17)23-16-5-3-2-4-6-16/h2-13H,1H3,(H,23,24). The van der Waals surface area contributed by atoms with Gasteiger partial charge in [0.05, 0.1) is 17.4 Å². The van der Waals surface area contributed by atoms with Crippen LogP contribution in [0.2, 0.25) is 0 Å². The molecule has 6 heteroatoms. The van der Waals surface area contributed by atoms with E-state index in [0.717, 1.165) is 39.3 Å². The van der Waals surface area contributed by atoms with Crippen LogP contribution in [0.5, 0.6) is 0 Å². The zero-order valence-corrected chi connectivity index (χ0v) is 14.2. The van der Waals surface area contributed by atoms with E-state index in [2.05, 4.69) is 33.6 Å². The molecule has 6 nitrogen and oxygen atoms in total. The Hall–Kier alpha value is -3.67. The molecule has 0 saturated heterocycles. The Labute approximate surface area is 149 Å². The molecule has 26 heavy (non-hydrogen) atoms. The topological polar surface area (TPSA) is 60.0 Å². The maximum atomic E-state index is 4.84. The summed E-state index contributed by atoms with van der Waals surface area (Å²) in [6.45, 7) is 0. The first-order chi connectivity index (χ1) is 12.8. The lowest BCUT2D eigenvalue weighted by Gasteiger charge is -2.10. The number of hydrogen-bond acceptors (Lipinski definition) is 4. The van der Waals surface area contributed by atoms with Gasteiger partial charge in [0.15, 0.2) is 11.5 Å². The zero-order valence-electron chi connectivity index (χ0n) is 14.2. The van der Waals surface area contributed by atoms with Crippen molar-refractivity contribution in [1.82, 2.24) is 24.1 Å². The highest BCUT2D eigenvalue weighted by Crippen LogP contribution is 2.26. The van der Waals surface area contributed by atoms with E-state index in [4.69, 9.17) is 4.98 Å². The SMILES string of the molecule is Cn1ncc2ccc(-c3cn4ccnc4c(Nc4ccccc4)n3)cc21. The van der Waals surface area contributed by atoms with Crippen LogP contribution in [0.25, 0.3) is 27.8 Å². The molecule has 0 saturated carbocycles. The number of para-hydroxylation sites is 1. The van der Waals surface area contributed by atoms with Gasteiger partial charge in [0, 0.05) is 42.3 Å². The van der Waals surface area contributed by atoms with Gasteiger partial charge in [-0.3, -0.25) is 4.68 Å². The number of anilines is 2. The first kappa shape index (κ1) is 14.7. The lowest BCUT2D eigenvalue weighted by molar-refractivity contribution is 0.797. The Morgan fingerprint density at radius 1 is 1.04 bits per heavy atom. The fourth-order valence-corrected chi connectivity index (χ4v) is 3.12. The van der Waals surface area contributed by atoms with E-state index < -0.39 is 0 Å². The minimum absolute atomic E-state index is 0.726. The lowest BCUT2D eigenvalue weighted by atomic mass is 10.1. The Morgan fingerprint density at radius 3 is 2.81 bits per heavy atom. The van der Waals surface area contributed by atoms with E-state index in [9.17, 15) is 0 Å². The fourth-order valence-electron chi connectivity index (χ4n) is 3.12. The number of aromatic nitrogens is 5. The Balaban J connectivity index is 1.66. The summed E-state index contributed by atoms with van der Waals surface area (Å²) in [5, 5.41) is 8.80. The van der Waals surface area contributed by atoms with E-state index in [1.807, 2.05) is 65.1 Å². The summed E-state index contributed by atoms with van der Waals surface area (Å²) in [5.41, 5.74) is 4.75. The van der Waals surface area contributed by atoms with Crippen molar-refractivity contribution in [2.24, 2.45) is 7.05 Å². The van der Waals surface area contributed by atoms with Crippen LogP contribution in [-0.2, 0) is 7.05 Å². The molecule has 0 fully saturated rings. The van der Waals surface area contributed by atoms with Crippen molar-refractivity contribution in [2.45, 2.75) is 0 Å². The summed E-state index contributed by atoms with van der Waals surface area (Å²) >= 11 is 0. The van der Waals surface area contributed by atoms with Crippen LogP contribution < -0.4 is 5.32 Å². The first-order valence-corrected chi connectivity index (χ1v) is 8.36. The van der Waals surface area contributed by atoms with Crippen molar-refractivity contribution in [3.8, 4) is 11.3 Å². The predicted molar refractivity (Wildman–Crippen MR) is 102 cm³/mol. The van der Waals surface area contributed by atoms with Gasteiger partial charge in [-0.25, -0.2) is 9.97 Å². The Kier molecular flexibility index (Phi) is 3.21. The second kappa shape index (κ2) is 5.70. The van der Waals surface area contributed by atoms with Crippen molar-refractivity contribution < 1.29 is 0 Å². The number of aryl methyl sites for hydroxylation is 1. The van der Waals surface area contributed by atoms with Crippen LogP contribution in [0.1, 0.15) is 0 Å². The van der Waals surface area contributed by atoms with Gasteiger partial charge in [0.25, 0.3) is 0 Å². The van der Waals surface area contributed by atoms with E-state index in [1.54, 1.807) is 6.20 Å². The number of hydrogen-bond donors (Lipinski definition) is 1. The number of rotatable bonds is 3. The number of benzene rings is 2. The molecule has 5 rings (SSSR count). The largest absolute Gasteiger partial charge is 0.337 e. The van der Waals surface area contributed by atoms with Crippen LogP contribution in [0.15, 0.2) is 73.3 Å². The van der Waals surface area contributed by atoms with Gasteiger partial charge in [0.1, 0.15) is 0 Å². The average molecular weight is 340 g/mol. The van der Waals surface area contributed by atoms with Gasteiger partial charge < -0.3 is 9.72 Å². The normalized spacial score (nSPS) is 11.3. The van der Waals surface area contributed by atoms with Crippen molar-refractivity contribution in [3.05, 3.63) is 73.3 Å². The average Bonchev–Trinajstić information content (AvgIpc) is 3.29. The summed E-state index contributed by atoms with van der Waals surface area (Å²) < 4.78 is 3.86. The summed E-state index contributed by atoms with van der Waals surface area (Å²) in [5.74, 6) is 0.726. The molecule has 0 aliphatic carbocycles. The quantitative estimate of drug-likeness (QED) is 0.539. The molecular formula is C20H16N6. The minimum atomic E-state index is 0.726. The van der Waals surface area contributed by atoms with Crippen LogP contribution in [-0.4, -0.2) is 24.1 Å². The molecule has 3 aromatic heterocycles. The number of nitrogens with zero attached hydrogens (tertiary/aromatic N) is 5. The maximum Gasteiger partial charge on any atom is 0.180 e. The minimum Gasteiger partial charge on any atom is -0.337 e. The van der Waals surface area contributed by atoms with E-state index in [-0.39, 0.29) is 0 Å². The lowest BCUT2D eigenvalue weighted by Crippen LogP contribution is -2.00. The second-order valence-electron chi connectivity index (χ2n) is 6.17. The van der Waals surface area contributed by atoms with Gasteiger partial charge in [-0.1, -0.05) is 30.3 Å². The maximum absolute atomic E-state index is 4.84. The summed E-state index contributed by atoms with van der Waals surface area (Å²) in [4.78, 5) is 9.26. The van der Waals surface area contributed by atoms with Crippen LogP contribution >= 0.6 is 0 Å². The van der Waals surface area contributed by atoms with Crippen LogP contribution in [0.3, 0.4) is 0 Å². The van der Waals surface area contributed by atoms with Gasteiger partial charge in [0.2, 0.25) is 0 Å². The van der Waals surface area contributed by atoms with Gasteiger partial charge in [-0.15, -0.1) is 0 Å². The molecule has 5 aromatic rings. The van der Waals surface area contributed by atoms with Gasteiger partial charge in [-0.2, -0.15) is 5.10 Å². The third kappa shape index (κ3) is 2.39. The molecule has 126 valence electrons. The molecule has 0 unspecified atom stereocenters. The third-order valence-corrected chi connectivity index (χ3v) is 4.46. The molecule has 0 radical (unpaired) electrons. The highest BCUT2D eigenvalue weighted by molar-refractivity contribution is 5.84. The molecule has 0 aliphatic rings. The molecule has 0 bridgehead atoms. The van der Waals surface area contributed by atoms with Crippen molar-refractivity contribution in [1.29, 1.82) is 0 Å². The zero-order chi connectivity index (χ0) is 17.5. The molecule has 0 spiro atoms. The summed E-state index contributed by atoms with van der Waals surface area (Å²) in [6, 6.07) is 16.2. The molecule has 1 N–H and O–H groups in total. The number of fused-ring (bicyclic) bond motifs is 2. The summed E-state index contributed by atoms with van der Waals surface area (Å²) in [6.07, 6.45) is 7.57. The van der Waals surface area contributed by atoms with Crippen molar-refractivity contribution >= 4 is 28.1 Å². The molecule has 3 heterocycles. The second-order valence-corrected chi connectivity index (χ2v) is 6.17. The Morgan fingerprint density at radius 2 is 1.92 bits per heavy atom. The third-order valence-electron chi connectivity index (χ3n) is 4.46. The van der Waals surface area contributed by atoms with Crippen LogP contribution in [0, 0.1) is 0 Å². The smallest absolute Gasteiger partial charge is 0.180 e. The molecule has 0 aliphatic heterocycles. The first-order valence-electron chi connectivity index (χ1n) is 8.36. The van der Waals surface area contributed by atoms with Crippen molar-refractivity contribution in [2.75, 3.05) is 5.32 Å². The number of imidazole rings is 1. The van der Waals surface area contributed by atoms with Crippen LogP contribution in [0.4, 0.5) is 11.5 Å².